The molecule has 2 rings (SSSR count). The summed E-state index contributed by atoms with van der Waals surface area (Å²) < 4.78 is 40.6. The van der Waals surface area contributed by atoms with Gasteiger partial charge in [-0.15, -0.1) is 0 Å². The number of anilines is 1. The van der Waals surface area contributed by atoms with Crippen LogP contribution in [0.2, 0.25) is 0 Å². The van der Waals surface area contributed by atoms with E-state index in [-0.39, 0.29) is 5.56 Å². The highest BCUT2D eigenvalue weighted by Crippen LogP contribution is 2.29. The minimum atomic E-state index is -4.41. The van der Waals surface area contributed by atoms with Gasteiger partial charge in [-0.1, -0.05) is 0 Å². The molecule has 1 N–H and O–H groups in total. The maximum atomic E-state index is 12.3. The lowest BCUT2D eigenvalue weighted by molar-refractivity contribution is -0.137. The Bertz CT molecular complexity index is 536. The predicted octanol–water partition coefficient (Wildman–Crippen LogP) is 2.81. The van der Waals surface area contributed by atoms with E-state index in [1.165, 1.54) is 6.33 Å². The van der Waals surface area contributed by atoms with Crippen LogP contribution in [0.5, 0.6) is 0 Å². The van der Waals surface area contributed by atoms with Gasteiger partial charge in [-0.3, -0.25) is 10.1 Å². The molecule has 0 bridgehead atoms. The Morgan fingerprint density at radius 1 is 1.22 bits per heavy atom. The molecule has 0 aliphatic heterocycles. The molecule has 1 aromatic heterocycles. The van der Waals surface area contributed by atoms with Gasteiger partial charge in [0.05, 0.1) is 5.56 Å². The molecule has 1 amide bonds. The number of benzene rings is 1. The monoisotopic (exact) mass is 273 g/mol. The van der Waals surface area contributed by atoms with Crippen LogP contribution in [-0.2, 0) is 6.18 Å². The maximum Gasteiger partial charge on any atom is 0.416 e. The van der Waals surface area contributed by atoms with Crippen LogP contribution in [0, 0.1) is 0 Å². The highest BCUT2D eigenvalue weighted by Gasteiger charge is 2.30. The van der Waals surface area contributed by atoms with Crippen LogP contribution in [-0.4, -0.2) is 15.3 Å². The van der Waals surface area contributed by atoms with E-state index >= 15 is 0 Å². The Hall–Kier alpha value is -1.96. The number of alkyl halides is 3. The lowest BCUT2D eigenvalue weighted by Gasteiger charge is -2.07. The standard InChI is InChI=1S/C10H6F3N3OS/c11-10(12,13)7-3-1-6(2-4-7)8(17)16-9-14-5-15-18-9/h1-5H,(H,14,15,16,17). The summed E-state index contributed by atoms with van der Waals surface area (Å²) in [4.78, 5) is 15.4. The molecule has 0 aliphatic carbocycles. The highest BCUT2D eigenvalue weighted by atomic mass is 32.1. The number of aromatic nitrogens is 2. The molecule has 4 nitrogen and oxygen atoms in total. The third kappa shape index (κ3) is 2.83. The average Bonchev–Trinajstić information content (AvgIpc) is 2.81. The van der Waals surface area contributed by atoms with Crippen LogP contribution in [0.4, 0.5) is 18.3 Å². The summed E-state index contributed by atoms with van der Waals surface area (Å²) in [6, 6.07) is 3.93. The van der Waals surface area contributed by atoms with E-state index in [0.29, 0.717) is 5.13 Å². The highest BCUT2D eigenvalue weighted by molar-refractivity contribution is 7.09. The molecule has 94 valence electrons. The third-order valence-corrected chi connectivity index (χ3v) is 2.64. The molecule has 0 spiro atoms. The van der Waals surface area contributed by atoms with Crippen molar-refractivity contribution >= 4 is 22.6 Å². The molecule has 0 saturated heterocycles. The van der Waals surface area contributed by atoms with Crippen molar-refractivity contribution in [3.05, 3.63) is 41.7 Å². The first kappa shape index (κ1) is 12.5. The van der Waals surface area contributed by atoms with Crippen molar-refractivity contribution in [1.29, 1.82) is 0 Å². The van der Waals surface area contributed by atoms with Crippen LogP contribution >= 0.6 is 11.5 Å². The van der Waals surface area contributed by atoms with Gasteiger partial charge in [0.25, 0.3) is 5.91 Å². The summed E-state index contributed by atoms with van der Waals surface area (Å²) in [6.45, 7) is 0. The number of amides is 1. The quantitative estimate of drug-likeness (QED) is 0.915. The van der Waals surface area contributed by atoms with Gasteiger partial charge in [-0.2, -0.15) is 17.5 Å². The zero-order chi connectivity index (χ0) is 13.2. The van der Waals surface area contributed by atoms with Gasteiger partial charge in [0.15, 0.2) is 0 Å². The van der Waals surface area contributed by atoms with Crippen molar-refractivity contribution in [1.82, 2.24) is 9.36 Å². The largest absolute Gasteiger partial charge is 0.416 e. The Balaban J connectivity index is 2.12. The van der Waals surface area contributed by atoms with Crippen LogP contribution < -0.4 is 5.32 Å². The number of hydrogen-bond donors (Lipinski definition) is 1. The number of carbonyl (C=O) groups is 1. The second-order valence-electron chi connectivity index (χ2n) is 3.28. The number of halogens is 3. The first-order valence-electron chi connectivity index (χ1n) is 4.72. The SMILES string of the molecule is O=C(Nc1ncns1)c1ccc(C(F)(F)F)cc1. The molecule has 0 unspecified atom stereocenters. The van der Waals surface area contributed by atoms with Crippen molar-refractivity contribution in [2.75, 3.05) is 5.32 Å². The fraction of sp³-hybridized carbons (Fsp3) is 0.100. The van der Waals surface area contributed by atoms with Gasteiger partial charge >= 0.3 is 6.18 Å². The number of carbonyl (C=O) groups excluding carboxylic acids is 1. The van der Waals surface area contributed by atoms with Crippen molar-refractivity contribution in [2.45, 2.75) is 6.18 Å². The van der Waals surface area contributed by atoms with E-state index in [2.05, 4.69) is 14.7 Å². The predicted molar refractivity (Wildman–Crippen MR) is 59.3 cm³/mol. The van der Waals surface area contributed by atoms with Crippen molar-refractivity contribution < 1.29 is 18.0 Å². The zero-order valence-corrected chi connectivity index (χ0v) is 9.55. The number of nitrogens with zero attached hydrogens (tertiary/aromatic N) is 2. The fourth-order valence-corrected chi connectivity index (χ4v) is 1.63. The zero-order valence-electron chi connectivity index (χ0n) is 8.73. The minimum absolute atomic E-state index is 0.123. The molecular weight excluding hydrogens is 267 g/mol. The summed E-state index contributed by atoms with van der Waals surface area (Å²) in [5.41, 5.74) is -0.673. The molecule has 0 aliphatic rings. The Kier molecular flexibility index (Phi) is 3.28. The molecule has 0 atom stereocenters. The maximum absolute atomic E-state index is 12.3. The van der Waals surface area contributed by atoms with E-state index in [4.69, 9.17) is 0 Å². The molecule has 1 aromatic carbocycles. The second-order valence-corrected chi connectivity index (χ2v) is 4.06. The van der Waals surface area contributed by atoms with Crippen molar-refractivity contribution in [3.8, 4) is 0 Å². The van der Waals surface area contributed by atoms with Crippen LogP contribution in [0.3, 0.4) is 0 Å². The normalized spacial score (nSPS) is 11.3. The van der Waals surface area contributed by atoms with Crippen molar-refractivity contribution in [3.63, 3.8) is 0 Å². The van der Waals surface area contributed by atoms with Gasteiger partial charge in [0, 0.05) is 17.1 Å². The van der Waals surface area contributed by atoms with E-state index in [0.717, 1.165) is 35.8 Å². The lowest BCUT2D eigenvalue weighted by Crippen LogP contribution is -2.12. The third-order valence-electron chi connectivity index (χ3n) is 2.06. The molecule has 2 aromatic rings. The van der Waals surface area contributed by atoms with E-state index < -0.39 is 17.6 Å². The first-order valence-corrected chi connectivity index (χ1v) is 5.49. The van der Waals surface area contributed by atoms with Gasteiger partial charge in [-0.05, 0) is 24.3 Å². The van der Waals surface area contributed by atoms with E-state index in [1.54, 1.807) is 0 Å². The molecule has 0 fully saturated rings. The Labute approximate surface area is 104 Å². The first-order chi connectivity index (χ1) is 8.47. The van der Waals surface area contributed by atoms with Crippen molar-refractivity contribution in [2.24, 2.45) is 0 Å². The van der Waals surface area contributed by atoms with Crippen LogP contribution in [0.1, 0.15) is 15.9 Å². The van der Waals surface area contributed by atoms with Gasteiger partial charge in [0.2, 0.25) is 5.13 Å². The van der Waals surface area contributed by atoms with Gasteiger partial charge in [0.1, 0.15) is 6.33 Å². The topological polar surface area (TPSA) is 54.9 Å². The van der Waals surface area contributed by atoms with Gasteiger partial charge in [-0.25, -0.2) is 4.98 Å². The molecule has 8 heteroatoms. The summed E-state index contributed by atoms with van der Waals surface area (Å²) in [5, 5.41) is 2.71. The molecule has 0 radical (unpaired) electrons. The molecule has 18 heavy (non-hydrogen) atoms. The van der Waals surface area contributed by atoms with Gasteiger partial charge < -0.3 is 0 Å². The molecular formula is C10H6F3N3OS. The second kappa shape index (κ2) is 4.73. The number of hydrogen-bond acceptors (Lipinski definition) is 4. The smallest absolute Gasteiger partial charge is 0.297 e. The summed E-state index contributed by atoms with van der Waals surface area (Å²) in [6.07, 6.45) is -3.14. The average molecular weight is 273 g/mol. The Morgan fingerprint density at radius 3 is 2.39 bits per heavy atom. The van der Waals surface area contributed by atoms with Crippen LogP contribution in [0.25, 0.3) is 0 Å². The molecule has 0 saturated carbocycles. The Morgan fingerprint density at radius 2 is 1.89 bits per heavy atom. The lowest BCUT2D eigenvalue weighted by atomic mass is 10.1. The summed E-state index contributed by atoms with van der Waals surface area (Å²) in [7, 11) is 0. The van der Waals surface area contributed by atoms with E-state index in [1.807, 2.05) is 0 Å². The summed E-state index contributed by atoms with van der Waals surface area (Å²) >= 11 is 0.980. The number of nitrogens with one attached hydrogen (secondary N) is 1. The number of rotatable bonds is 2. The fourth-order valence-electron chi connectivity index (χ4n) is 1.21. The van der Waals surface area contributed by atoms with E-state index in [9.17, 15) is 18.0 Å². The minimum Gasteiger partial charge on any atom is -0.297 e. The van der Waals surface area contributed by atoms with Crippen LogP contribution in [0.15, 0.2) is 30.6 Å². The summed E-state index contributed by atoms with van der Waals surface area (Å²) in [5.74, 6) is -0.527. The molecule has 1 heterocycles.